The molecule has 2 heterocycles. The van der Waals surface area contributed by atoms with Crippen molar-refractivity contribution in [1.82, 2.24) is 14.9 Å². The minimum absolute atomic E-state index is 0.180. The Balaban J connectivity index is 1.69. The fourth-order valence-electron chi connectivity index (χ4n) is 3.51. The van der Waals surface area contributed by atoms with Crippen molar-refractivity contribution in [2.24, 2.45) is 5.92 Å². The number of nitrogens with one attached hydrogen (secondary N) is 1. The number of aromatic nitrogens is 2. The molecule has 1 aromatic rings. The van der Waals surface area contributed by atoms with Gasteiger partial charge in [-0.1, -0.05) is 32.1 Å². The van der Waals surface area contributed by atoms with Crippen LogP contribution in [0.3, 0.4) is 0 Å². The lowest BCUT2D eigenvalue weighted by atomic mass is 9.84. The molecule has 1 aliphatic carbocycles. The molecule has 1 saturated carbocycles. The van der Waals surface area contributed by atoms with E-state index in [-0.39, 0.29) is 12.1 Å². The van der Waals surface area contributed by atoms with Gasteiger partial charge in [0.15, 0.2) is 0 Å². The Morgan fingerprint density at radius 1 is 1.48 bits per heavy atom. The summed E-state index contributed by atoms with van der Waals surface area (Å²) in [6.45, 7) is 2.48. The highest BCUT2D eigenvalue weighted by molar-refractivity contribution is 5.74. The number of hydrogen-bond acceptors (Lipinski definition) is 3. The first-order chi connectivity index (χ1) is 10.2. The molecular weight excluding hydrogens is 266 g/mol. The summed E-state index contributed by atoms with van der Waals surface area (Å²) in [6, 6.07) is 0.180. The maximum absolute atomic E-state index is 12.0. The Morgan fingerprint density at radius 3 is 3.00 bits per heavy atom. The minimum Gasteiger partial charge on any atom is -0.447 e. The van der Waals surface area contributed by atoms with Crippen molar-refractivity contribution >= 4 is 12.2 Å². The van der Waals surface area contributed by atoms with Gasteiger partial charge in [0.25, 0.3) is 0 Å². The number of amides is 1. The number of H-pyrrole nitrogens is 1. The summed E-state index contributed by atoms with van der Waals surface area (Å²) in [5, 5.41) is 0. The maximum Gasteiger partial charge on any atom is 0.414 e. The van der Waals surface area contributed by atoms with Crippen LogP contribution >= 0.6 is 0 Å². The van der Waals surface area contributed by atoms with E-state index in [0.29, 0.717) is 6.61 Å². The van der Waals surface area contributed by atoms with Gasteiger partial charge in [-0.15, -0.1) is 0 Å². The van der Waals surface area contributed by atoms with Gasteiger partial charge < -0.3 is 9.72 Å². The van der Waals surface area contributed by atoms with Gasteiger partial charge in [-0.05, 0) is 25.3 Å². The predicted octanol–water partition coefficient (Wildman–Crippen LogP) is 3.56. The largest absolute Gasteiger partial charge is 0.447 e. The molecule has 1 N–H and O–H groups in total. The monoisotopic (exact) mass is 289 g/mol. The van der Waals surface area contributed by atoms with Gasteiger partial charge in [-0.25, -0.2) is 9.78 Å². The van der Waals surface area contributed by atoms with Crippen molar-refractivity contribution in [3.8, 4) is 0 Å². The van der Waals surface area contributed by atoms with Crippen LogP contribution in [0, 0.1) is 5.92 Å². The summed E-state index contributed by atoms with van der Waals surface area (Å²) in [7, 11) is 0. The Kier molecular flexibility index (Phi) is 4.27. The second-order valence-electron chi connectivity index (χ2n) is 6.13. The third kappa shape index (κ3) is 3.28. The van der Waals surface area contributed by atoms with E-state index in [1.165, 1.54) is 32.1 Å². The first-order valence-electron chi connectivity index (χ1n) is 7.86. The summed E-state index contributed by atoms with van der Waals surface area (Å²) in [5.74, 6) is 0.737. The van der Waals surface area contributed by atoms with E-state index in [2.05, 4.69) is 9.97 Å². The zero-order valence-corrected chi connectivity index (χ0v) is 12.5. The van der Waals surface area contributed by atoms with Crippen LogP contribution in [-0.2, 0) is 4.74 Å². The van der Waals surface area contributed by atoms with Crippen LogP contribution in [0.1, 0.15) is 51.1 Å². The van der Waals surface area contributed by atoms with Gasteiger partial charge >= 0.3 is 6.09 Å². The first-order valence-corrected chi connectivity index (χ1v) is 7.86. The normalized spacial score (nSPS) is 24.4. The highest BCUT2D eigenvalue weighted by atomic mass is 16.6. The van der Waals surface area contributed by atoms with Crippen LogP contribution in [0.25, 0.3) is 6.08 Å². The fourth-order valence-corrected chi connectivity index (χ4v) is 3.51. The van der Waals surface area contributed by atoms with Crippen LogP contribution in [0.15, 0.2) is 18.2 Å². The summed E-state index contributed by atoms with van der Waals surface area (Å²) in [6.07, 6.45) is 12.8. The van der Waals surface area contributed by atoms with E-state index in [9.17, 15) is 4.79 Å². The maximum atomic E-state index is 12.0. The molecule has 0 radical (unpaired) electrons. The summed E-state index contributed by atoms with van der Waals surface area (Å²) < 4.78 is 5.28. The van der Waals surface area contributed by atoms with Crippen LogP contribution in [0.2, 0.25) is 0 Å². The lowest BCUT2D eigenvalue weighted by Gasteiger charge is -2.28. The van der Waals surface area contributed by atoms with E-state index in [1.807, 2.05) is 17.9 Å². The molecule has 1 saturated heterocycles. The van der Waals surface area contributed by atoms with Crippen molar-refractivity contribution in [2.45, 2.75) is 51.5 Å². The number of carbonyl (C=O) groups is 1. The lowest BCUT2D eigenvalue weighted by molar-refractivity contribution is 0.164. The summed E-state index contributed by atoms with van der Waals surface area (Å²) in [5.41, 5.74) is 1.83. The fraction of sp³-hybridized carbons (Fsp3) is 0.625. The van der Waals surface area contributed by atoms with Crippen molar-refractivity contribution < 1.29 is 9.53 Å². The smallest absolute Gasteiger partial charge is 0.414 e. The molecule has 5 heteroatoms. The Hall–Kier alpha value is -1.78. The molecule has 3 rings (SSSR count). The first kappa shape index (κ1) is 14.2. The molecular formula is C16H23N3O2. The van der Waals surface area contributed by atoms with E-state index < -0.39 is 0 Å². The average molecular weight is 289 g/mol. The summed E-state index contributed by atoms with van der Waals surface area (Å²) >= 11 is 0. The van der Waals surface area contributed by atoms with Crippen LogP contribution in [0.4, 0.5) is 4.79 Å². The molecule has 114 valence electrons. The van der Waals surface area contributed by atoms with Gasteiger partial charge in [0.05, 0.1) is 24.3 Å². The van der Waals surface area contributed by atoms with Crippen molar-refractivity contribution in [2.75, 3.05) is 6.61 Å². The summed E-state index contributed by atoms with van der Waals surface area (Å²) in [4.78, 5) is 20.9. The van der Waals surface area contributed by atoms with E-state index in [1.54, 1.807) is 12.5 Å². The number of rotatable bonds is 4. The molecule has 5 nitrogen and oxygen atoms in total. The van der Waals surface area contributed by atoms with E-state index in [0.717, 1.165) is 23.7 Å². The molecule has 0 bridgehead atoms. The SMILES string of the molecule is C/C(=C\c1cnc[nH]1)N1C(=O)OCC1CC1CCCCC1. The van der Waals surface area contributed by atoms with Crippen LogP contribution in [-0.4, -0.2) is 33.6 Å². The number of cyclic esters (lactones) is 1. The number of hydrogen-bond donors (Lipinski definition) is 1. The third-order valence-corrected chi connectivity index (χ3v) is 4.55. The number of aromatic amines is 1. The van der Waals surface area contributed by atoms with Crippen LogP contribution in [0.5, 0.6) is 0 Å². The van der Waals surface area contributed by atoms with Crippen LogP contribution < -0.4 is 0 Å². The van der Waals surface area contributed by atoms with Crippen molar-refractivity contribution in [3.63, 3.8) is 0 Å². The number of nitrogens with zero attached hydrogens (tertiary/aromatic N) is 2. The molecule has 0 spiro atoms. The second kappa shape index (κ2) is 6.33. The number of ether oxygens (including phenoxy) is 1. The van der Waals surface area contributed by atoms with Gasteiger partial charge in [-0.2, -0.15) is 0 Å². The molecule has 0 aromatic carbocycles. The van der Waals surface area contributed by atoms with E-state index >= 15 is 0 Å². The number of carbonyl (C=O) groups excluding carboxylic acids is 1. The Morgan fingerprint density at radius 2 is 2.29 bits per heavy atom. The molecule has 1 aromatic heterocycles. The molecule has 1 unspecified atom stereocenters. The average Bonchev–Trinajstić information content (AvgIpc) is 3.10. The quantitative estimate of drug-likeness (QED) is 0.922. The second-order valence-corrected chi connectivity index (χ2v) is 6.13. The number of imidazole rings is 1. The van der Waals surface area contributed by atoms with Gasteiger partial charge in [0.2, 0.25) is 0 Å². The van der Waals surface area contributed by atoms with Gasteiger partial charge in [0, 0.05) is 5.70 Å². The Labute approximate surface area is 125 Å². The molecule has 1 amide bonds. The van der Waals surface area contributed by atoms with Gasteiger partial charge in [0.1, 0.15) is 6.61 Å². The van der Waals surface area contributed by atoms with Crippen molar-refractivity contribution in [3.05, 3.63) is 23.9 Å². The number of allylic oxidation sites excluding steroid dienone is 1. The van der Waals surface area contributed by atoms with Gasteiger partial charge in [-0.3, -0.25) is 4.90 Å². The molecule has 2 fully saturated rings. The minimum atomic E-state index is -0.218. The molecule has 21 heavy (non-hydrogen) atoms. The standard InChI is InChI=1S/C16H23N3O2/c1-12(7-14-9-17-11-18-14)19-15(10-21-16(19)20)8-13-5-3-2-4-6-13/h7,9,11,13,15H,2-6,8,10H2,1H3,(H,17,18)/b12-7+. The molecule has 1 atom stereocenters. The zero-order chi connectivity index (χ0) is 14.7. The highest BCUT2D eigenvalue weighted by Crippen LogP contribution is 2.32. The molecule has 1 aliphatic heterocycles. The third-order valence-electron chi connectivity index (χ3n) is 4.55. The zero-order valence-electron chi connectivity index (χ0n) is 12.5. The Bertz CT molecular complexity index is 504. The molecule has 2 aliphatic rings. The lowest BCUT2D eigenvalue weighted by Crippen LogP contribution is -2.33. The van der Waals surface area contributed by atoms with E-state index in [4.69, 9.17) is 4.74 Å². The van der Waals surface area contributed by atoms with Crippen molar-refractivity contribution in [1.29, 1.82) is 0 Å². The topological polar surface area (TPSA) is 58.2 Å². The highest BCUT2D eigenvalue weighted by Gasteiger charge is 2.35. The predicted molar refractivity (Wildman–Crippen MR) is 80.4 cm³/mol.